The molecule has 0 aromatic heterocycles. The Morgan fingerprint density at radius 1 is 0.339 bits per heavy atom. The molecule has 1 aliphatic carbocycles. The molecule has 0 spiro atoms. The van der Waals surface area contributed by atoms with Crippen LogP contribution in [0, 0.1) is 0 Å². The maximum Gasteiger partial charge on any atom is 0.0630 e. The Morgan fingerprint density at radius 2 is 0.814 bits per heavy atom. The summed E-state index contributed by atoms with van der Waals surface area (Å²) in [6.45, 7) is -7.09. The SMILES string of the molecule is [2H]c1c(-c2cc(-c3c([2H])c([2H])c([2H])c([2H])c3[2H])c(-c3ccc4ccc5cccc6ccc3c4c56)cc2-c2ccc3ccc4cccc5ccc2c3c45)cc2c(c1[2H])-c1c([2H])c([2H])c([2H])c([2H])c1C2(C([2H])([2H])[2H])C([2H])([2H])[2H]. The Labute approximate surface area is 367 Å². The molecule has 12 aromatic carbocycles. The molecular weight excluding hydrogens is 709 g/mol. The smallest absolute Gasteiger partial charge is 0.0622 e. The van der Waals surface area contributed by atoms with E-state index in [2.05, 4.69) is 6.07 Å². The van der Waals surface area contributed by atoms with Gasteiger partial charge < -0.3 is 0 Å². The third kappa shape index (κ3) is 4.55. The first-order chi connectivity index (χ1) is 36.1. The standard InChI is InChI=1S/C59H38/c1-59(2)53-17-7-6-16-45(53)46-29-26-42(32-54(46)59)50-33-49(35-10-4-3-5-11-35)51(43-27-22-40-20-18-36-12-8-14-38-24-30-47(43)57(40)55(36)38)34-52(50)44-28-23-41-21-19-37-13-9-15-39-25-31-48(44)58(41)56(37)39/h3-34H,1-2H3/i1D3,2D3,3D,4D,5D,6D,7D,10D,11D,16D,17D,26D,29D. The minimum absolute atomic E-state index is 0.111. The lowest BCUT2D eigenvalue weighted by molar-refractivity contribution is 0.660. The molecule has 0 radical (unpaired) electrons. The molecule has 0 unspecified atom stereocenters. The molecule has 0 heterocycles. The second-order valence-electron chi connectivity index (χ2n) is 15.5. The Hall–Kier alpha value is -7.28. The van der Waals surface area contributed by atoms with E-state index >= 15 is 0 Å². The molecule has 0 saturated heterocycles. The van der Waals surface area contributed by atoms with E-state index in [9.17, 15) is 5.48 Å². The van der Waals surface area contributed by atoms with Gasteiger partial charge in [0.25, 0.3) is 0 Å². The summed E-state index contributed by atoms with van der Waals surface area (Å²) in [6.07, 6.45) is 0. The van der Waals surface area contributed by atoms with E-state index in [1.165, 1.54) is 6.07 Å². The van der Waals surface area contributed by atoms with Crippen molar-refractivity contribution in [2.45, 2.75) is 19.1 Å². The maximum absolute atomic E-state index is 9.98. The molecule has 0 bridgehead atoms. The van der Waals surface area contributed by atoms with Crippen LogP contribution in [0.4, 0.5) is 0 Å². The van der Waals surface area contributed by atoms with Crippen LogP contribution in [0.2, 0.25) is 0 Å². The summed E-state index contributed by atoms with van der Waals surface area (Å²) in [4.78, 5) is 0. The number of hydrogen-bond donors (Lipinski definition) is 0. The summed E-state index contributed by atoms with van der Waals surface area (Å²) < 4.78 is 155. The van der Waals surface area contributed by atoms with Crippen LogP contribution in [-0.2, 0) is 5.41 Å². The average molecular weight is 764 g/mol. The number of fused-ring (bicyclic) bond motifs is 3. The fraction of sp³-hybridized carbons (Fsp3) is 0.0508. The van der Waals surface area contributed by atoms with Crippen molar-refractivity contribution in [3.05, 3.63) is 205 Å². The Bertz CT molecular complexity index is 4490. The van der Waals surface area contributed by atoms with Crippen molar-refractivity contribution in [3.8, 4) is 55.6 Å². The highest BCUT2D eigenvalue weighted by Gasteiger charge is 2.35. The van der Waals surface area contributed by atoms with E-state index < -0.39 is 108 Å². The Morgan fingerprint density at radius 3 is 1.41 bits per heavy atom. The van der Waals surface area contributed by atoms with Crippen molar-refractivity contribution in [3.63, 3.8) is 0 Å². The van der Waals surface area contributed by atoms with Crippen molar-refractivity contribution < 1.29 is 23.3 Å². The zero-order chi connectivity index (χ0) is 53.6. The number of benzene rings is 12. The normalized spacial score (nSPS) is 17.9. The van der Waals surface area contributed by atoms with E-state index in [1.54, 1.807) is 6.07 Å². The topological polar surface area (TPSA) is 0 Å². The van der Waals surface area contributed by atoms with E-state index in [-0.39, 0.29) is 22.3 Å². The van der Waals surface area contributed by atoms with E-state index in [1.807, 2.05) is 109 Å². The zero-order valence-corrected chi connectivity index (χ0v) is 31.1. The molecule has 13 rings (SSSR count). The largest absolute Gasteiger partial charge is 0.0630 e. The zero-order valence-electron chi connectivity index (χ0n) is 48.1. The first-order valence-electron chi connectivity index (χ1n) is 27.9. The van der Waals surface area contributed by atoms with Gasteiger partial charge in [0.15, 0.2) is 0 Å². The average Bonchev–Trinajstić information content (AvgIpc) is 3.99. The van der Waals surface area contributed by atoms with Crippen molar-refractivity contribution >= 4 is 64.6 Å². The van der Waals surface area contributed by atoms with Crippen molar-refractivity contribution in [1.82, 2.24) is 0 Å². The summed E-state index contributed by atoms with van der Waals surface area (Å²) >= 11 is 0. The van der Waals surface area contributed by atoms with E-state index in [0.717, 1.165) is 64.6 Å². The van der Waals surface area contributed by atoms with Gasteiger partial charge in [-0.15, -0.1) is 0 Å². The van der Waals surface area contributed by atoms with Crippen LogP contribution in [0.25, 0.3) is 120 Å². The lowest BCUT2D eigenvalue weighted by Gasteiger charge is -2.24. The molecule has 12 aromatic rings. The summed E-state index contributed by atoms with van der Waals surface area (Å²) in [5.74, 6) is 0. The predicted molar refractivity (Wildman–Crippen MR) is 253 cm³/mol. The molecule has 59 heavy (non-hydrogen) atoms. The highest BCUT2D eigenvalue weighted by molar-refractivity contribution is 6.27. The molecule has 0 saturated carbocycles. The van der Waals surface area contributed by atoms with Gasteiger partial charge in [0.1, 0.15) is 0 Å². The second kappa shape index (κ2) is 11.9. The van der Waals surface area contributed by atoms with Crippen molar-refractivity contribution in [1.29, 1.82) is 0 Å². The molecule has 1 aliphatic rings. The van der Waals surface area contributed by atoms with Gasteiger partial charge in [0.2, 0.25) is 0 Å². The van der Waals surface area contributed by atoms with Gasteiger partial charge in [-0.25, -0.2) is 0 Å². The predicted octanol–water partition coefficient (Wildman–Crippen LogP) is 16.5. The molecule has 274 valence electrons. The monoisotopic (exact) mass is 763 g/mol. The van der Waals surface area contributed by atoms with Gasteiger partial charge >= 0.3 is 0 Å². The number of hydrogen-bond acceptors (Lipinski definition) is 0. The summed E-state index contributed by atoms with van der Waals surface area (Å²) in [5.41, 5.74) is -3.39. The van der Waals surface area contributed by atoms with Crippen LogP contribution in [0.3, 0.4) is 0 Å². The van der Waals surface area contributed by atoms with Crippen molar-refractivity contribution in [2.75, 3.05) is 0 Å². The quantitative estimate of drug-likeness (QED) is 0.157. The fourth-order valence-electron chi connectivity index (χ4n) is 9.80. The molecule has 0 amide bonds. The highest BCUT2D eigenvalue weighted by Crippen LogP contribution is 2.52. The molecule has 0 heteroatoms. The third-order valence-electron chi connectivity index (χ3n) is 12.5. The fourth-order valence-corrected chi connectivity index (χ4v) is 9.80. The van der Waals surface area contributed by atoms with E-state index in [4.69, 9.17) is 17.8 Å². The summed E-state index contributed by atoms with van der Waals surface area (Å²) in [7, 11) is 0. The van der Waals surface area contributed by atoms with Crippen LogP contribution in [0.5, 0.6) is 0 Å². The van der Waals surface area contributed by atoms with Crippen LogP contribution in [-0.4, -0.2) is 0 Å². The van der Waals surface area contributed by atoms with Gasteiger partial charge in [0, 0.05) is 13.6 Å². The lowest BCUT2D eigenvalue weighted by atomic mass is 9.79. The molecule has 0 N–H and O–H groups in total. The van der Waals surface area contributed by atoms with Gasteiger partial charge in [0.05, 0.1) is 15.1 Å². The van der Waals surface area contributed by atoms with Crippen molar-refractivity contribution in [2.24, 2.45) is 0 Å². The maximum atomic E-state index is 9.98. The molecule has 0 nitrogen and oxygen atoms in total. The highest BCUT2D eigenvalue weighted by atomic mass is 14.4. The first kappa shape index (κ1) is 20.4. The van der Waals surface area contributed by atoms with Crippen LogP contribution >= 0.6 is 0 Å². The Balaban J connectivity index is 1.25. The molecule has 0 aliphatic heterocycles. The van der Waals surface area contributed by atoms with Crippen LogP contribution < -0.4 is 0 Å². The van der Waals surface area contributed by atoms with Gasteiger partial charge in [-0.3, -0.25) is 0 Å². The Kier molecular flexibility index (Phi) is 4.11. The second-order valence-corrected chi connectivity index (χ2v) is 15.5. The minimum Gasteiger partial charge on any atom is -0.0622 e. The molecule has 0 fully saturated rings. The van der Waals surface area contributed by atoms with Crippen LogP contribution in [0.15, 0.2) is 194 Å². The minimum atomic E-state index is -3.55. The molecule has 0 atom stereocenters. The van der Waals surface area contributed by atoms with Gasteiger partial charge in [-0.2, -0.15) is 0 Å². The summed E-state index contributed by atoms with van der Waals surface area (Å²) in [5, 5.41) is 11.2. The van der Waals surface area contributed by atoms with E-state index in [0.29, 0.717) is 22.3 Å². The summed E-state index contributed by atoms with van der Waals surface area (Å²) in [6, 6.07) is 33.1. The van der Waals surface area contributed by atoms with Gasteiger partial charge in [-0.1, -0.05) is 189 Å². The lowest BCUT2D eigenvalue weighted by Crippen LogP contribution is -2.14. The number of rotatable bonds is 4. The molecular formula is C59H38. The third-order valence-corrected chi connectivity index (χ3v) is 12.5. The van der Waals surface area contributed by atoms with Crippen LogP contribution in [0.1, 0.15) is 48.1 Å². The first-order valence-corrected chi connectivity index (χ1v) is 19.4. The van der Waals surface area contributed by atoms with Gasteiger partial charge in [-0.05, 0) is 150 Å².